The summed E-state index contributed by atoms with van der Waals surface area (Å²) in [5.41, 5.74) is 6.17. The van der Waals surface area contributed by atoms with Crippen molar-refractivity contribution >= 4 is 35.6 Å². The molecule has 2 rings (SSSR count). The Kier molecular flexibility index (Phi) is 7.96. The highest BCUT2D eigenvalue weighted by atomic mass is 35.5. The van der Waals surface area contributed by atoms with Gasteiger partial charge in [0.15, 0.2) is 0 Å². The third kappa shape index (κ3) is 5.02. The van der Waals surface area contributed by atoms with Gasteiger partial charge in [-0.15, -0.1) is 12.4 Å². The Labute approximate surface area is 141 Å². The maximum Gasteiger partial charge on any atom is 0.253 e. The number of carbonyl (C=O) groups excluding carboxylic acids is 1. The first-order chi connectivity index (χ1) is 10.1. The van der Waals surface area contributed by atoms with Gasteiger partial charge in [-0.2, -0.15) is 0 Å². The van der Waals surface area contributed by atoms with E-state index in [1.54, 1.807) is 18.2 Å². The third-order valence-corrected chi connectivity index (χ3v) is 3.62. The Morgan fingerprint density at radius 3 is 2.86 bits per heavy atom. The number of rotatable bonds is 6. The predicted octanol–water partition coefficient (Wildman–Crippen LogP) is 3.00. The Morgan fingerprint density at radius 1 is 1.50 bits per heavy atom. The fourth-order valence-electron chi connectivity index (χ4n) is 2.20. The van der Waals surface area contributed by atoms with Crippen LogP contribution in [0.3, 0.4) is 0 Å². The average molecular weight is 349 g/mol. The molecule has 1 saturated heterocycles. The molecule has 3 N–H and O–H groups in total. The van der Waals surface area contributed by atoms with Gasteiger partial charge in [0.2, 0.25) is 0 Å². The van der Waals surface area contributed by atoms with Gasteiger partial charge < -0.3 is 20.5 Å². The summed E-state index contributed by atoms with van der Waals surface area (Å²) < 4.78 is 11.0. The van der Waals surface area contributed by atoms with Gasteiger partial charge in [0.1, 0.15) is 11.9 Å². The van der Waals surface area contributed by atoms with Crippen LogP contribution in [0.5, 0.6) is 5.75 Å². The summed E-state index contributed by atoms with van der Waals surface area (Å²) in [6, 6.07) is 5.20. The number of carbonyl (C=O) groups is 1. The Balaban J connectivity index is 0.00000242. The van der Waals surface area contributed by atoms with E-state index in [0.29, 0.717) is 36.0 Å². The monoisotopic (exact) mass is 348 g/mol. The fraction of sp³-hybridized carbons (Fsp3) is 0.533. The maximum absolute atomic E-state index is 12.1. The molecule has 5 nitrogen and oxygen atoms in total. The lowest BCUT2D eigenvalue weighted by atomic mass is 10.2. The standard InChI is InChI=1S/C15H21ClN2O3.ClH/c1-2-7-20-13-5-3-10(8-12(13)16)18-15(19)14-6-4-11(9-17)21-14;/h3,5,8,11,14H,2,4,6-7,9,17H2,1H3,(H,18,19);1H/t11-,14+;/m1./s1. The smallest absolute Gasteiger partial charge is 0.253 e. The molecule has 7 heteroatoms. The van der Waals surface area contributed by atoms with Crippen LogP contribution in [-0.4, -0.2) is 31.3 Å². The van der Waals surface area contributed by atoms with Gasteiger partial charge in [-0.05, 0) is 37.5 Å². The van der Waals surface area contributed by atoms with E-state index in [4.69, 9.17) is 26.8 Å². The zero-order valence-electron chi connectivity index (χ0n) is 12.5. The molecule has 0 radical (unpaired) electrons. The van der Waals surface area contributed by atoms with E-state index < -0.39 is 6.10 Å². The van der Waals surface area contributed by atoms with E-state index in [-0.39, 0.29) is 24.4 Å². The Hall–Kier alpha value is -1.01. The topological polar surface area (TPSA) is 73.6 Å². The summed E-state index contributed by atoms with van der Waals surface area (Å²) in [4.78, 5) is 12.1. The minimum Gasteiger partial charge on any atom is -0.492 e. The summed E-state index contributed by atoms with van der Waals surface area (Å²) >= 11 is 6.13. The van der Waals surface area contributed by atoms with E-state index in [0.717, 1.165) is 12.8 Å². The zero-order valence-corrected chi connectivity index (χ0v) is 14.1. The van der Waals surface area contributed by atoms with Crippen molar-refractivity contribution in [3.05, 3.63) is 23.2 Å². The van der Waals surface area contributed by atoms with Gasteiger partial charge in [0, 0.05) is 12.2 Å². The highest BCUT2D eigenvalue weighted by Gasteiger charge is 2.29. The Bertz CT molecular complexity index is 500. The quantitative estimate of drug-likeness (QED) is 0.828. The molecular weight excluding hydrogens is 327 g/mol. The minimum atomic E-state index is -0.437. The molecule has 0 saturated carbocycles. The molecule has 1 aromatic carbocycles. The van der Waals surface area contributed by atoms with Gasteiger partial charge in [-0.1, -0.05) is 18.5 Å². The van der Waals surface area contributed by atoms with E-state index in [1.165, 1.54) is 0 Å². The lowest BCUT2D eigenvalue weighted by molar-refractivity contribution is -0.126. The fourth-order valence-corrected chi connectivity index (χ4v) is 2.44. The van der Waals surface area contributed by atoms with Crippen LogP contribution in [0.4, 0.5) is 5.69 Å². The molecule has 1 aliphatic heterocycles. The van der Waals surface area contributed by atoms with E-state index in [2.05, 4.69) is 5.32 Å². The van der Waals surface area contributed by atoms with Crippen LogP contribution < -0.4 is 15.8 Å². The molecule has 1 aromatic rings. The number of ether oxygens (including phenoxy) is 2. The summed E-state index contributed by atoms with van der Waals surface area (Å²) in [6.07, 6.45) is 1.97. The van der Waals surface area contributed by atoms with Crippen molar-refractivity contribution in [2.75, 3.05) is 18.5 Å². The number of halogens is 2. The van der Waals surface area contributed by atoms with Gasteiger partial charge >= 0.3 is 0 Å². The van der Waals surface area contributed by atoms with Crippen LogP contribution >= 0.6 is 24.0 Å². The van der Waals surface area contributed by atoms with Crippen molar-refractivity contribution in [1.29, 1.82) is 0 Å². The minimum absolute atomic E-state index is 0. The molecule has 0 aromatic heterocycles. The molecule has 2 atom stereocenters. The molecule has 1 heterocycles. The molecule has 0 spiro atoms. The highest BCUT2D eigenvalue weighted by molar-refractivity contribution is 6.32. The van der Waals surface area contributed by atoms with Gasteiger partial charge in [0.05, 0.1) is 17.7 Å². The number of nitrogens with one attached hydrogen (secondary N) is 1. The lowest BCUT2D eigenvalue weighted by Gasteiger charge is -2.14. The SMILES string of the molecule is CCCOc1ccc(NC(=O)[C@@H]2CC[C@H](CN)O2)cc1Cl.Cl. The molecular formula is C15H22Cl2N2O3. The van der Waals surface area contributed by atoms with Gasteiger partial charge in [0.25, 0.3) is 5.91 Å². The highest BCUT2D eigenvalue weighted by Crippen LogP contribution is 2.28. The maximum atomic E-state index is 12.1. The molecule has 0 aliphatic carbocycles. The van der Waals surface area contributed by atoms with Crippen molar-refractivity contribution in [1.82, 2.24) is 0 Å². The second kappa shape index (κ2) is 9.20. The number of benzene rings is 1. The largest absolute Gasteiger partial charge is 0.492 e. The number of amides is 1. The normalized spacial score (nSPS) is 20.3. The number of anilines is 1. The number of nitrogens with two attached hydrogens (primary N) is 1. The van der Waals surface area contributed by atoms with Crippen LogP contribution in [0.2, 0.25) is 5.02 Å². The van der Waals surface area contributed by atoms with Crippen LogP contribution in [0, 0.1) is 0 Å². The summed E-state index contributed by atoms with van der Waals surface area (Å²) in [5, 5.41) is 3.29. The van der Waals surface area contributed by atoms with Crippen LogP contribution in [-0.2, 0) is 9.53 Å². The molecule has 1 aliphatic rings. The first kappa shape index (κ1) is 19.0. The van der Waals surface area contributed by atoms with E-state index in [9.17, 15) is 4.79 Å². The van der Waals surface area contributed by atoms with Crippen LogP contribution in [0.1, 0.15) is 26.2 Å². The zero-order chi connectivity index (χ0) is 15.2. The second-order valence-electron chi connectivity index (χ2n) is 5.04. The number of hydrogen-bond donors (Lipinski definition) is 2. The van der Waals surface area contributed by atoms with Crippen molar-refractivity contribution in [2.24, 2.45) is 5.73 Å². The molecule has 1 amide bonds. The average Bonchev–Trinajstić information content (AvgIpc) is 2.95. The molecule has 0 bridgehead atoms. The van der Waals surface area contributed by atoms with Crippen molar-refractivity contribution in [3.8, 4) is 5.75 Å². The van der Waals surface area contributed by atoms with Crippen molar-refractivity contribution in [3.63, 3.8) is 0 Å². The van der Waals surface area contributed by atoms with E-state index in [1.807, 2.05) is 6.92 Å². The summed E-state index contributed by atoms with van der Waals surface area (Å²) in [5.74, 6) is 0.459. The molecule has 22 heavy (non-hydrogen) atoms. The summed E-state index contributed by atoms with van der Waals surface area (Å²) in [6.45, 7) is 3.08. The summed E-state index contributed by atoms with van der Waals surface area (Å²) in [7, 11) is 0. The lowest BCUT2D eigenvalue weighted by Crippen LogP contribution is -2.29. The third-order valence-electron chi connectivity index (χ3n) is 3.32. The second-order valence-corrected chi connectivity index (χ2v) is 5.45. The van der Waals surface area contributed by atoms with E-state index >= 15 is 0 Å². The molecule has 124 valence electrons. The van der Waals surface area contributed by atoms with Crippen molar-refractivity contribution in [2.45, 2.75) is 38.4 Å². The van der Waals surface area contributed by atoms with Gasteiger partial charge in [-0.25, -0.2) is 0 Å². The Morgan fingerprint density at radius 2 is 2.27 bits per heavy atom. The van der Waals surface area contributed by atoms with Gasteiger partial charge in [-0.3, -0.25) is 4.79 Å². The van der Waals surface area contributed by atoms with Crippen LogP contribution in [0.15, 0.2) is 18.2 Å². The first-order valence-electron chi connectivity index (χ1n) is 7.22. The first-order valence-corrected chi connectivity index (χ1v) is 7.60. The molecule has 0 unspecified atom stereocenters. The predicted molar refractivity (Wildman–Crippen MR) is 90.1 cm³/mol. The van der Waals surface area contributed by atoms with Crippen molar-refractivity contribution < 1.29 is 14.3 Å². The van der Waals surface area contributed by atoms with Crippen LogP contribution in [0.25, 0.3) is 0 Å². The number of hydrogen-bond acceptors (Lipinski definition) is 4. The molecule has 1 fully saturated rings.